The first-order chi connectivity index (χ1) is 20.9. The van der Waals surface area contributed by atoms with Crippen LogP contribution in [0.2, 0.25) is 10.0 Å². The Kier molecular flexibility index (Phi) is 12.7. The molecule has 1 fully saturated rings. The van der Waals surface area contributed by atoms with Gasteiger partial charge in [0, 0.05) is 43.3 Å². The van der Waals surface area contributed by atoms with Crippen LogP contribution in [0.15, 0.2) is 66.7 Å². The number of benzene rings is 3. The fourth-order valence-corrected chi connectivity index (χ4v) is 5.52. The average molecular weight is 627 g/mol. The lowest BCUT2D eigenvalue weighted by atomic mass is 10.0. The van der Waals surface area contributed by atoms with Crippen molar-refractivity contribution in [2.24, 2.45) is 0 Å². The summed E-state index contributed by atoms with van der Waals surface area (Å²) in [7, 11) is 3.77. The topological polar surface area (TPSA) is 68.4 Å². The molecule has 2 heterocycles. The molecule has 1 saturated heterocycles. The number of amides is 1. The van der Waals surface area contributed by atoms with Crippen molar-refractivity contribution in [1.82, 2.24) is 20.2 Å². The molecule has 0 bridgehead atoms. The van der Waals surface area contributed by atoms with Gasteiger partial charge < -0.3 is 24.6 Å². The fraction of sp³-hybridized carbons (Fsp3) is 0.394. The second-order valence-electron chi connectivity index (χ2n) is 10.7. The highest BCUT2D eigenvalue weighted by Gasteiger charge is 2.25. The molecule has 0 atom stereocenters. The van der Waals surface area contributed by atoms with Gasteiger partial charge in [0.15, 0.2) is 5.75 Å². The number of rotatable bonds is 11. The third-order valence-electron chi connectivity index (χ3n) is 7.70. The second-order valence-corrected chi connectivity index (χ2v) is 11.6. The number of hydrazine groups is 1. The first kappa shape index (κ1) is 32.8. The van der Waals surface area contributed by atoms with E-state index >= 15 is 0 Å². The van der Waals surface area contributed by atoms with Gasteiger partial charge in [0.25, 0.3) is 5.91 Å². The quantitative estimate of drug-likeness (QED) is 0.281. The average Bonchev–Trinajstić information content (AvgIpc) is 3.55. The van der Waals surface area contributed by atoms with E-state index in [0.717, 1.165) is 25.8 Å². The minimum Gasteiger partial charge on any atom is -0.455 e. The number of halogens is 2. The van der Waals surface area contributed by atoms with Crippen LogP contribution in [0.25, 0.3) is 0 Å². The zero-order valence-electron chi connectivity index (χ0n) is 25.0. The highest BCUT2D eigenvalue weighted by atomic mass is 35.5. The molecule has 0 radical (unpaired) electrons. The number of carbonyl (C=O) groups excluding carboxylic acids is 2. The number of hydrogen-bond acceptors (Lipinski definition) is 7. The summed E-state index contributed by atoms with van der Waals surface area (Å²) in [4.78, 5) is 28.9. The number of carbonyl (C=O) groups is 2. The summed E-state index contributed by atoms with van der Waals surface area (Å²) in [6.45, 7) is 6.42. The number of likely N-dealkylation sites (N-methyl/N-ethyl adjacent to an activating group) is 2. The molecule has 0 aromatic heterocycles. The van der Waals surface area contributed by atoms with Crippen molar-refractivity contribution in [1.29, 1.82) is 0 Å². The smallest absolute Gasteiger partial charge is 0.256 e. The number of likely N-dealkylation sites (tertiary alicyclic amines) is 1. The summed E-state index contributed by atoms with van der Waals surface area (Å²) in [6, 6.07) is 20.3. The summed E-state index contributed by atoms with van der Waals surface area (Å²) in [5.74, 6) is 0.920. The monoisotopic (exact) mass is 625 g/mol. The number of nitrogens with zero attached hydrogens (tertiary/aromatic N) is 4. The molecule has 43 heavy (non-hydrogen) atoms. The Labute approximate surface area is 265 Å². The van der Waals surface area contributed by atoms with Gasteiger partial charge in [0.2, 0.25) is 0 Å². The molecular weight excluding hydrogens is 585 g/mol. The van der Waals surface area contributed by atoms with Crippen LogP contribution in [-0.2, 0) is 22.6 Å². The van der Waals surface area contributed by atoms with E-state index in [9.17, 15) is 9.59 Å². The lowest BCUT2D eigenvalue weighted by Gasteiger charge is -2.37. The molecule has 1 amide bonds. The SMILES string of the molecule is CN(C(=O)CN(CC=O)c1cc(Cl)ccc1Oc1ccc(Cl)cc1)N1CCc2ccccc2C1.CNCCN1CCCC1. The minimum absolute atomic E-state index is 0.00922. The zero-order chi connectivity index (χ0) is 30.6. The number of fused-ring (bicyclic) bond motifs is 1. The molecule has 0 spiro atoms. The number of aldehydes is 1. The molecule has 3 aromatic carbocycles. The maximum Gasteiger partial charge on any atom is 0.256 e. The van der Waals surface area contributed by atoms with Gasteiger partial charge in [-0.3, -0.25) is 9.80 Å². The van der Waals surface area contributed by atoms with Gasteiger partial charge in [-0.15, -0.1) is 0 Å². The molecule has 0 aliphatic carbocycles. The maximum atomic E-state index is 13.2. The van der Waals surface area contributed by atoms with E-state index in [0.29, 0.717) is 33.8 Å². The van der Waals surface area contributed by atoms with Crippen molar-refractivity contribution in [3.05, 3.63) is 87.9 Å². The van der Waals surface area contributed by atoms with E-state index < -0.39 is 0 Å². The Balaban J connectivity index is 0.000000403. The molecule has 2 aliphatic heterocycles. The van der Waals surface area contributed by atoms with Gasteiger partial charge in [-0.25, -0.2) is 5.01 Å². The van der Waals surface area contributed by atoms with Crippen molar-refractivity contribution >= 4 is 41.1 Å². The number of nitrogens with one attached hydrogen (secondary N) is 1. The second kappa shape index (κ2) is 16.6. The molecule has 5 rings (SSSR count). The third-order valence-corrected chi connectivity index (χ3v) is 8.18. The van der Waals surface area contributed by atoms with E-state index in [1.54, 1.807) is 59.4 Å². The molecule has 10 heteroatoms. The van der Waals surface area contributed by atoms with E-state index in [2.05, 4.69) is 22.3 Å². The van der Waals surface area contributed by atoms with Crippen LogP contribution in [0.4, 0.5) is 5.69 Å². The van der Waals surface area contributed by atoms with Gasteiger partial charge in [0.1, 0.15) is 12.0 Å². The number of anilines is 1. The summed E-state index contributed by atoms with van der Waals surface area (Å²) in [6.07, 6.45) is 4.45. The minimum atomic E-state index is -0.140. The van der Waals surface area contributed by atoms with E-state index in [1.807, 2.05) is 24.2 Å². The Morgan fingerprint density at radius 2 is 1.67 bits per heavy atom. The van der Waals surface area contributed by atoms with Gasteiger partial charge in [0.05, 0.1) is 18.8 Å². The van der Waals surface area contributed by atoms with Crippen LogP contribution in [-0.4, -0.2) is 87.0 Å². The highest BCUT2D eigenvalue weighted by molar-refractivity contribution is 6.31. The normalized spacial score (nSPS) is 14.8. The van der Waals surface area contributed by atoms with Crippen molar-refractivity contribution in [3.63, 3.8) is 0 Å². The van der Waals surface area contributed by atoms with Crippen molar-refractivity contribution < 1.29 is 14.3 Å². The molecule has 230 valence electrons. The van der Waals surface area contributed by atoms with E-state index in [4.69, 9.17) is 27.9 Å². The summed E-state index contributed by atoms with van der Waals surface area (Å²) in [5, 5.41) is 7.88. The van der Waals surface area contributed by atoms with Gasteiger partial charge in [-0.05, 0) is 93.0 Å². The molecular formula is C33H41Cl2N5O3. The molecule has 8 nitrogen and oxygen atoms in total. The van der Waals surface area contributed by atoms with Crippen LogP contribution in [0, 0.1) is 0 Å². The third kappa shape index (κ3) is 9.68. The van der Waals surface area contributed by atoms with Crippen LogP contribution in [0.1, 0.15) is 24.0 Å². The maximum absolute atomic E-state index is 13.2. The Morgan fingerprint density at radius 1 is 0.977 bits per heavy atom. The molecule has 1 N–H and O–H groups in total. The van der Waals surface area contributed by atoms with Crippen LogP contribution < -0.4 is 15.0 Å². The van der Waals surface area contributed by atoms with Crippen LogP contribution >= 0.6 is 23.2 Å². The van der Waals surface area contributed by atoms with Crippen molar-refractivity contribution in [3.8, 4) is 11.5 Å². The van der Waals surface area contributed by atoms with Crippen molar-refractivity contribution in [2.45, 2.75) is 25.8 Å². The lowest BCUT2D eigenvalue weighted by Crippen LogP contribution is -2.50. The van der Waals surface area contributed by atoms with Gasteiger partial charge in [-0.2, -0.15) is 0 Å². The highest BCUT2D eigenvalue weighted by Crippen LogP contribution is 2.35. The van der Waals surface area contributed by atoms with E-state index in [1.165, 1.54) is 43.6 Å². The number of hydrogen-bond donors (Lipinski definition) is 1. The Hall–Kier alpha value is -3.14. The van der Waals surface area contributed by atoms with Crippen molar-refractivity contribution in [2.75, 3.05) is 64.8 Å². The predicted molar refractivity (Wildman–Crippen MR) is 174 cm³/mol. The Morgan fingerprint density at radius 3 is 2.37 bits per heavy atom. The summed E-state index contributed by atoms with van der Waals surface area (Å²) < 4.78 is 6.03. The molecule has 2 aliphatic rings. The van der Waals surface area contributed by atoms with Gasteiger partial charge >= 0.3 is 0 Å². The van der Waals surface area contributed by atoms with Crippen LogP contribution in [0.5, 0.6) is 11.5 Å². The van der Waals surface area contributed by atoms with Gasteiger partial charge in [-0.1, -0.05) is 47.5 Å². The fourth-order valence-electron chi connectivity index (χ4n) is 5.23. The first-order valence-electron chi connectivity index (χ1n) is 14.7. The lowest BCUT2D eigenvalue weighted by molar-refractivity contribution is -0.145. The number of ether oxygens (including phenoxy) is 1. The van der Waals surface area contributed by atoms with Crippen LogP contribution in [0.3, 0.4) is 0 Å². The van der Waals surface area contributed by atoms with E-state index in [-0.39, 0.29) is 19.0 Å². The molecule has 0 saturated carbocycles. The molecule has 0 unspecified atom stereocenters. The summed E-state index contributed by atoms with van der Waals surface area (Å²) >= 11 is 12.2. The standard InChI is InChI=1S/C26H25Cl2N3O3.C7H16N2/c1-29(31-13-12-19-4-2-3-5-20(19)17-31)26(33)18-30(14-15-32)24-16-22(28)8-11-25(24)34-23-9-6-21(27)7-10-23;1-8-4-7-9-5-2-3-6-9/h2-11,15-16H,12-14,17-18H2,1H3;8H,2-7H2,1H3. The first-order valence-corrected chi connectivity index (χ1v) is 15.5. The molecule has 3 aromatic rings. The zero-order valence-corrected chi connectivity index (χ0v) is 26.5. The Bertz CT molecular complexity index is 1330. The summed E-state index contributed by atoms with van der Waals surface area (Å²) in [5.41, 5.74) is 3.08. The predicted octanol–water partition coefficient (Wildman–Crippen LogP) is 5.52. The largest absolute Gasteiger partial charge is 0.455 e.